The number of carbonyl (C=O) groups is 1. The fraction of sp³-hybridized carbons (Fsp3) is 0.125. The number of ether oxygens (including phenoxy) is 1. The normalized spacial score (nSPS) is 9.86. The van der Waals surface area contributed by atoms with Crippen LogP contribution in [-0.2, 0) is 4.79 Å². The molecule has 1 aromatic carbocycles. The second-order valence-corrected chi connectivity index (χ2v) is 3.33. The SMILES string of the molecule is Nc1cc(Cl)cc(Cl)c1OCC(=O)O. The van der Waals surface area contributed by atoms with Crippen molar-refractivity contribution < 1.29 is 14.6 Å². The highest BCUT2D eigenvalue weighted by Gasteiger charge is 2.09. The smallest absolute Gasteiger partial charge is 0.341 e. The van der Waals surface area contributed by atoms with Crippen molar-refractivity contribution in [1.29, 1.82) is 0 Å². The first kappa shape index (κ1) is 10.9. The van der Waals surface area contributed by atoms with Crippen LogP contribution in [0, 0.1) is 0 Å². The quantitative estimate of drug-likeness (QED) is 0.787. The molecule has 1 rings (SSSR count). The van der Waals surface area contributed by atoms with Gasteiger partial charge in [0, 0.05) is 5.02 Å². The van der Waals surface area contributed by atoms with Crippen molar-refractivity contribution in [3.8, 4) is 5.75 Å². The van der Waals surface area contributed by atoms with Crippen LogP contribution in [-0.4, -0.2) is 17.7 Å². The number of hydrogen-bond acceptors (Lipinski definition) is 3. The fourth-order valence-electron chi connectivity index (χ4n) is 0.866. The molecule has 0 aliphatic rings. The molecule has 3 N–H and O–H groups in total. The van der Waals surface area contributed by atoms with E-state index in [1.54, 1.807) is 0 Å². The highest BCUT2D eigenvalue weighted by Crippen LogP contribution is 2.34. The van der Waals surface area contributed by atoms with E-state index in [-0.39, 0.29) is 16.5 Å². The number of rotatable bonds is 3. The van der Waals surface area contributed by atoms with Crippen molar-refractivity contribution in [3.63, 3.8) is 0 Å². The van der Waals surface area contributed by atoms with Crippen LogP contribution in [0.15, 0.2) is 12.1 Å². The van der Waals surface area contributed by atoms with Gasteiger partial charge in [-0.05, 0) is 12.1 Å². The maximum absolute atomic E-state index is 10.2. The van der Waals surface area contributed by atoms with Crippen molar-refractivity contribution in [2.24, 2.45) is 0 Å². The van der Waals surface area contributed by atoms with Gasteiger partial charge in [-0.1, -0.05) is 23.2 Å². The first-order valence-corrected chi connectivity index (χ1v) is 4.35. The van der Waals surface area contributed by atoms with Gasteiger partial charge in [-0.15, -0.1) is 0 Å². The van der Waals surface area contributed by atoms with Gasteiger partial charge in [-0.3, -0.25) is 0 Å². The number of carboxylic acid groups (broad SMARTS) is 1. The van der Waals surface area contributed by atoms with Crippen LogP contribution in [0.2, 0.25) is 10.0 Å². The van der Waals surface area contributed by atoms with Crippen molar-refractivity contribution in [2.75, 3.05) is 12.3 Å². The minimum absolute atomic E-state index is 0.137. The summed E-state index contributed by atoms with van der Waals surface area (Å²) in [5, 5.41) is 8.94. The summed E-state index contributed by atoms with van der Waals surface area (Å²) in [6.45, 7) is -0.494. The molecule has 76 valence electrons. The van der Waals surface area contributed by atoms with Crippen molar-refractivity contribution >= 4 is 34.9 Å². The molecule has 0 saturated carbocycles. The Morgan fingerprint density at radius 2 is 2.14 bits per heavy atom. The topological polar surface area (TPSA) is 72.5 Å². The average molecular weight is 236 g/mol. The maximum atomic E-state index is 10.2. The predicted octanol–water partition coefficient (Wildman–Crippen LogP) is 2.04. The Kier molecular flexibility index (Phi) is 3.43. The molecule has 0 fully saturated rings. The zero-order valence-corrected chi connectivity index (χ0v) is 8.47. The Bertz CT molecular complexity index is 345. The summed E-state index contributed by atoms with van der Waals surface area (Å²) in [5.41, 5.74) is 5.73. The second kappa shape index (κ2) is 4.39. The van der Waals surface area contributed by atoms with Gasteiger partial charge in [0.15, 0.2) is 12.4 Å². The third-order valence-electron chi connectivity index (χ3n) is 1.38. The molecule has 0 heterocycles. The lowest BCUT2D eigenvalue weighted by atomic mass is 10.3. The Morgan fingerprint density at radius 1 is 1.50 bits per heavy atom. The molecule has 0 aliphatic heterocycles. The molecule has 0 aromatic heterocycles. The van der Waals surface area contributed by atoms with Crippen molar-refractivity contribution in [2.45, 2.75) is 0 Å². The number of carboxylic acids is 1. The number of halogens is 2. The number of nitrogen functional groups attached to an aromatic ring is 1. The van der Waals surface area contributed by atoms with Gasteiger partial charge < -0.3 is 15.6 Å². The monoisotopic (exact) mass is 235 g/mol. The highest BCUT2D eigenvalue weighted by molar-refractivity contribution is 6.36. The van der Waals surface area contributed by atoms with E-state index >= 15 is 0 Å². The number of aliphatic carboxylic acids is 1. The van der Waals surface area contributed by atoms with Crippen LogP contribution in [0.5, 0.6) is 5.75 Å². The number of benzene rings is 1. The Morgan fingerprint density at radius 3 is 2.64 bits per heavy atom. The van der Waals surface area contributed by atoms with Gasteiger partial charge in [0.2, 0.25) is 0 Å². The molecule has 1 aromatic rings. The first-order valence-electron chi connectivity index (χ1n) is 3.60. The molecule has 0 aliphatic carbocycles. The minimum Gasteiger partial charge on any atom is -0.479 e. The van der Waals surface area contributed by atoms with E-state index in [1.165, 1.54) is 12.1 Å². The molecule has 6 heteroatoms. The maximum Gasteiger partial charge on any atom is 0.341 e. The summed E-state index contributed by atoms with van der Waals surface area (Å²) in [5.74, 6) is -0.964. The van der Waals surface area contributed by atoms with Crippen LogP contribution < -0.4 is 10.5 Å². The van der Waals surface area contributed by atoms with Crippen molar-refractivity contribution in [1.82, 2.24) is 0 Å². The lowest BCUT2D eigenvalue weighted by Gasteiger charge is -2.08. The summed E-state index contributed by atoms with van der Waals surface area (Å²) in [4.78, 5) is 10.2. The molecular weight excluding hydrogens is 229 g/mol. The van der Waals surface area contributed by atoms with Gasteiger partial charge in [0.25, 0.3) is 0 Å². The average Bonchev–Trinajstić information content (AvgIpc) is 2.01. The van der Waals surface area contributed by atoms with Crippen LogP contribution in [0.25, 0.3) is 0 Å². The predicted molar refractivity (Wildman–Crippen MR) is 54.0 cm³/mol. The summed E-state index contributed by atoms with van der Waals surface area (Å²) in [6, 6.07) is 2.86. The van der Waals surface area contributed by atoms with E-state index in [2.05, 4.69) is 0 Å². The van der Waals surface area contributed by atoms with E-state index in [0.29, 0.717) is 5.02 Å². The number of hydrogen-bond donors (Lipinski definition) is 2. The number of anilines is 1. The van der Waals surface area contributed by atoms with Gasteiger partial charge >= 0.3 is 5.97 Å². The zero-order chi connectivity index (χ0) is 10.7. The van der Waals surface area contributed by atoms with Gasteiger partial charge in [-0.2, -0.15) is 0 Å². The molecular formula is C8H7Cl2NO3. The van der Waals surface area contributed by atoms with E-state index in [9.17, 15) is 4.79 Å². The molecule has 0 spiro atoms. The lowest BCUT2D eigenvalue weighted by molar-refractivity contribution is -0.139. The molecule has 0 saturated heterocycles. The molecule has 14 heavy (non-hydrogen) atoms. The van der Waals surface area contributed by atoms with E-state index in [0.717, 1.165) is 0 Å². The molecule has 0 radical (unpaired) electrons. The Hall–Kier alpha value is -1.13. The standard InChI is InChI=1S/C8H7Cl2NO3/c9-4-1-5(10)8(6(11)2-4)14-3-7(12)13/h1-2H,3,11H2,(H,12,13). The third-order valence-corrected chi connectivity index (χ3v) is 1.88. The third kappa shape index (κ3) is 2.68. The fourth-order valence-corrected chi connectivity index (χ4v) is 1.43. The second-order valence-electron chi connectivity index (χ2n) is 2.49. The van der Waals surface area contributed by atoms with E-state index in [4.69, 9.17) is 38.8 Å². The molecule has 0 unspecified atom stereocenters. The van der Waals surface area contributed by atoms with Crippen LogP contribution in [0.1, 0.15) is 0 Å². The van der Waals surface area contributed by atoms with Gasteiger partial charge in [0.05, 0.1) is 10.7 Å². The molecule has 0 atom stereocenters. The summed E-state index contributed by atoms with van der Waals surface area (Å²) in [7, 11) is 0. The first-order chi connectivity index (χ1) is 6.50. The van der Waals surface area contributed by atoms with Gasteiger partial charge in [0.1, 0.15) is 0 Å². The molecule has 0 amide bonds. The van der Waals surface area contributed by atoms with Crippen LogP contribution in [0.4, 0.5) is 5.69 Å². The van der Waals surface area contributed by atoms with Crippen molar-refractivity contribution in [3.05, 3.63) is 22.2 Å². The van der Waals surface area contributed by atoms with Crippen LogP contribution >= 0.6 is 23.2 Å². The zero-order valence-electron chi connectivity index (χ0n) is 6.96. The molecule has 0 bridgehead atoms. The largest absolute Gasteiger partial charge is 0.479 e. The van der Waals surface area contributed by atoms with Gasteiger partial charge in [-0.25, -0.2) is 4.79 Å². The lowest BCUT2D eigenvalue weighted by Crippen LogP contribution is -2.10. The molecule has 4 nitrogen and oxygen atoms in total. The Balaban J connectivity index is 2.91. The summed E-state index contributed by atoms with van der Waals surface area (Å²) in [6.07, 6.45) is 0. The summed E-state index contributed by atoms with van der Waals surface area (Å²) < 4.78 is 4.87. The van der Waals surface area contributed by atoms with E-state index in [1.807, 2.05) is 0 Å². The van der Waals surface area contributed by atoms with Crippen LogP contribution in [0.3, 0.4) is 0 Å². The summed E-state index contributed by atoms with van der Waals surface area (Å²) >= 11 is 11.4. The minimum atomic E-state index is -1.10. The Labute approximate surface area is 90.2 Å². The van der Waals surface area contributed by atoms with E-state index < -0.39 is 12.6 Å². The highest BCUT2D eigenvalue weighted by atomic mass is 35.5. The number of nitrogens with two attached hydrogens (primary N) is 1.